The summed E-state index contributed by atoms with van der Waals surface area (Å²) in [6.45, 7) is 2.45. The van der Waals surface area contributed by atoms with E-state index in [0.717, 1.165) is 0 Å². The van der Waals surface area contributed by atoms with Crippen molar-refractivity contribution in [3.05, 3.63) is 29.8 Å². The van der Waals surface area contributed by atoms with Crippen LogP contribution in [0.1, 0.15) is 31.1 Å². The molecule has 0 aromatic heterocycles. The largest absolute Gasteiger partial charge is 0.452 e. The van der Waals surface area contributed by atoms with E-state index >= 15 is 0 Å². The van der Waals surface area contributed by atoms with Crippen LogP contribution in [0.15, 0.2) is 24.3 Å². The predicted octanol–water partition coefficient (Wildman–Crippen LogP) is 2.61. The normalized spacial score (nSPS) is 12.1. The summed E-state index contributed by atoms with van der Waals surface area (Å²) in [6, 6.07) is 4.99. The van der Waals surface area contributed by atoms with Crippen LogP contribution in [0.25, 0.3) is 0 Å². The summed E-state index contributed by atoms with van der Waals surface area (Å²) >= 11 is 0. The summed E-state index contributed by atoms with van der Waals surface area (Å²) in [7, 11) is 0. The third-order valence-corrected chi connectivity index (χ3v) is 3.04. The molecule has 1 aromatic rings. The van der Waals surface area contributed by atoms with E-state index in [9.17, 15) is 18.4 Å². The Morgan fingerprint density at radius 2 is 1.73 bits per heavy atom. The lowest BCUT2D eigenvalue weighted by atomic mass is 10.1. The molecule has 1 atom stereocenters. The van der Waals surface area contributed by atoms with Crippen molar-refractivity contribution in [3.63, 3.8) is 0 Å². The van der Waals surface area contributed by atoms with Crippen LogP contribution in [-0.4, -0.2) is 31.1 Å². The minimum absolute atomic E-state index is 0.0306. The lowest BCUT2D eigenvalue weighted by Crippen LogP contribution is -2.38. The molecule has 0 fully saturated rings. The second-order valence-electron chi connectivity index (χ2n) is 5.08. The first-order valence-electron chi connectivity index (χ1n) is 6.81. The molecule has 22 heavy (non-hydrogen) atoms. The van der Waals surface area contributed by atoms with Crippen molar-refractivity contribution in [2.45, 2.75) is 33.4 Å². The molecule has 5 nitrogen and oxygen atoms in total. The predicted molar refractivity (Wildman–Crippen MR) is 75.8 cm³/mol. The van der Waals surface area contributed by atoms with Crippen molar-refractivity contribution in [2.24, 2.45) is 5.92 Å². The average molecular weight is 315 g/mol. The molecule has 1 aromatic carbocycles. The van der Waals surface area contributed by atoms with E-state index in [2.05, 4.69) is 10.1 Å². The molecule has 1 rings (SSSR count). The molecule has 1 N–H and O–H groups in total. The highest BCUT2D eigenvalue weighted by molar-refractivity contribution is 5.91. The molecular formula is C15H19F2NO4. The van der Waals surface area contributed by atoms with E-state index in [4.69, 9.17) is 4.74 Å². The second-order valence-corrected chi connectivity index (χ2v) is 5.08. The average Bonchev–Trinajstić information content (AvgIpc) is 2.44. The van der Waals surface area contributed by atoms with Crippen LogP contribution >= 0.6 is 0 Å². The fourth-order valence-corrected chi connectivity index (χ4v) is 1.45. The zero-order valence-corrected chi connectivity index (χ0v) is 12.6. The van der Waals surface area contributed by atoms with Crippen LogP contribution in [0.4, 0.5) is 8.78 Å². The monoisotopic (exact) mass is 315 g/mol. The van der Waals surface area contributed by atoms with Gasteiger partial charge in [0.1, 0.15) is 5.75 Å². The molecule has 1 amide bonds. The van der Waals surface area contributed by atoms with Crippen molar-refractivity contribution >= 4 is 11.9 Å². The molecule has 0 aliphatic rings. The molecule has 0 saturated carbocycles. The molecule has 7 heteroatoms. The van der Waals surface area contributed by atoms with Gasteiger partial charge in [-0.25, -0.2) is 4.79 Å². The number of hydrogen-bond acceptors (Lipinski definition) is 4. The number of carbonyl (C=O) groups excluding carboxylic acids is 2. The molecule has 0 heterocycles. The Bertz CT molecular complexity index is 503. The fourth-order valence-electron chi connectivity index (χ4n) is 1.45. The zero-order chi connectivity index (χ0) is 16.7. The first kappa shape index (κ1) is 17.9. The first-order chi connectivity index (χ1) is 10.3. The number of esters is 1. The Balaban J connectivity index is 2.46. The van der Waals surface area contributed by atoms with Gasteiger partial charge in [0, 0.05) is 6.04 Å². The molecule has 122 valence electrons. The van der Waals surface area contributed by atoms with E-state index in [1.54, 1.807) is 0 Å². The van der Waals surface area contributed by atoms with Gasteiger partial charge >= 0.3 is 12.6 Å². The number of amides is 1. The van der Waals surface area contributed by atoms with Crippen LogP contribution in [0.2, 0.25) is 0 Å². The summed E-state index contributed by atoms with van der Waals surface area (Å²) in [5, 5.41) is 2.70. The Kier molecular flexibility index (Phi) is 6.75. The molecule has 0 aliphatic carbocycles. The smallest absolute Gasteiger partial charge is 0.387 e. The van der Waals surface area contributed by atoms with Gasteiger partial charge in [-0.1, -0.05) is 13.8 Å². The number of carbonyl (C=O) groups is 2. The van der Waals surface area contributed by atoms with E-state index in [1.807, 2.05) is 20.8 Å². The molecule has 0 unspecified atom stereocenters. The van der Waals surface area contributed by atoms with Crippen LogP contribution in [0.5, 0.6) is 5.75 Å². The van der Waals surface area contributed by atoms with Gasteiger partial charge in [0.15, 0.2) is 6.61 Å². The number of ether oxygens (including phenoxy) is 2. The number of benzene rings is 1. The highest BCUT2D eigenvalue weighted by Crippen LogP contribution is 2.15. The van der Waals surface area contributed by atoms with Crippen molar-refractivity contribution < 1.29 is 27.8 Å². The van der Waals surface area contributed by atoms with Crippen LogP contribution in [0, 0.1) is 5.92 Å². The second kappa shape index (κ2) is 8.31. The minimum Gasteiger partial charge on any atom is -0.452 e. The van der Waals surface area contributed by atoms with Gasteiger partial charge < -0.3 is 14.8 Å². The van der Waals surface area contributed by atoms with E-state index < -0.39 is 25.1 Å². The van der Waals surface area contributed by atoms with Crippen molar-refractivity contribution in [3.8, 4) is 5.75 Å². The van der Waals surface area contributed by atoms with Crippen molar-refractivity contribution in [2.75, 3.05) is 6.61 Å². The Morgan fingerprint density at radius 1 is 1.14 bits per heavy atom. The number of rotatable bonds is 7. The van der Waals surface area contributed by atoms with Gasteiger partial charge in [0.25, 0.3) is 5.91 Å². The third kappa shape index (κ3) is 6.07. The lowest BCUT2D eigenvalue weighted by Gasteiger charge is -2.17. The molecule has 0 aliphatic heterocycles. The molecule has 0 bridgehead atoms. The summed E-state index contributed by atoms with van der Waals surface area (Å²) in [6.07, 6.45) is 0. The van der Waals surface area contributed by atoms with Gasteiger partial charge in [0.05, 0.1) is 5.56 Å². The SMILES string of the molecule is CC(C)[C@H](C)NC(=O)COC(=O)c1ccc(OC(F)F)cc1. The summed E-state index contributed by atoms with van der Waals surface area (Å²) < 4.78 is 33.0. The maximum absolute atomic E-state index is 12.0. The number of nitrogens with one attached hydrogen (secondary N) is 1. The van der Waals surface area contributed by atoms with Crippen LogP contribution in [-0.2, 0) is 9.53 Å². The quantitative estimate of drug-likeness (QED) is 0.786. The van der Waals surface area contributed by atoms with Crippen LogP contribution in [0.3, 0.4) is 0 Å². The number of halogens is 2. The zero-order valence-electron chi connectivity index (χ0n) is 12.6. The maximum atomic E-state index is 12.0. The lowest BCUT2D eigenvalue weighted by molar-refractivity contribution is -0.125. The Hall–Kier alpha value is -2.18. The Morgan fingerprint density at radius 3 is 2.23 bits per heavy atom. The van der Waals surface area contributed by atoms with Gasteiger partial charge in [-0.15, -0.1) is 0 Å². The summed E-state index contributed by atoms with van der Waals surface area (Å²) in [5.74, 6) is -0.903. The van der Waals surface area contributed by atoms with Crippen molar-refractivity contribution in [1.29, 1.82) is 0 Å². The minimum atomic E-state index is -2.93. The highest BCUT2D eigenvalue weighted by atomic mass is 19.3. The van der Waals surface area contributed by atoms with Gasteiger partial charge in [-0.05, 0) is 37.1 Å². The molecule has 0 spiro atoms. The van der Waals surface area contributed by atoms with Gasteiger partial charge in [-0.3, -0.25) is 4.79 Å². The van der Waals surface area contributed by atoms with Crippen molar-refractivity contribution in [1.82, 2.24) is 5.32 Å². The van der Waals surface area contributed by atoms with Gasteiger partial charge in [0.2, 0.25) is 0 Å². The van der Waals surface area contributed by atoms with Crippen LogP contribution < -0.4 is 10.1 Å². The van der Waals surface area contributed by atoms with Gasteiger partial charge in [-0.2, -0.15) is 8.78 Å². The summed E-state index contributed by atoms with van der Waals surface area (Å²) in [4.78, 5) is 23.3. The molecule has 0 saturated heterocycles. The van der Waals surface area contributed by atoms with E-state index in [1.165, 1.54) is 24.3 Å². The summed E-state index contributed by atoms with van der Waals surface area (Å²) in [5.41, 5.74) is 0.145. The number of hydrogen-bond donors (Lipinski definition) is 1. The highest BCUT2D eigenvalue weighted by Gasteiger charge is 2.14. The third-order valence-electron chi connectivity index (χ3n) is 3.04. The molecule has 0 radical (unpaired) electrons. The number of alkyl halides is 2. The maximum Gasteiger partial charge on any atom is 0.387 e. The topological polar surface area (TPSA) is 64.6 Å². The van der Waals surface area contributed by atoms with E-state index in [0.29, 0.717) is 0 Å². The Labute approximate surface area is 127 Å². The first-order valence-corrected chi connectivity index (χ1v) is 6.81. The standard InChI is InChI=1S/C15H19F2NO4/c1-9(2)10(3)18-13(19)8-21-14(20)11-4-6-12(7-5-11)22-15(16)17/h4-7,9-10,15H,8H2,1-3H3,(H,18,19)/t10-/m0/s1. The van der Waals surface area contributed by atoms with E-state index in [-0.39, 0.29) is 23.3 Å². The molecular weight excluding hydrogens is 296 g/mol. The fraction of sp³-hybridized carbons (Fsp3) is 0.467.